The predicted molar refractivity (Wildman–Crippen MR) is 104 cm³/mol. The molecule has 5 nitrogen and oxygen atoms in total. The highest BCUT2D eigenvalue weighted by molar-refractivity contribution is 7.80. The van der Waals surface area contributed by atoms with Crippen LogP contribution in [0.5, 0.6) is 0 Å². The Morgan fingerprint density at radius 1 is 1.00 bits per heavy atom. The number of carbonyl (C=O) groups excluding carboxylic acids is 1. The van der Waals surface area contributed by atoms with Crippen LogP contribution in [0.3, 0.4) is 0 Å². The van der Waals surface area contributed by atoms with Crippen LogP contribution in [0.15, 0.2) is 65.3 Å². The predicted octanol–water partition coefficient (Wildman–Crippen LogP) is 4.79. The summed E-state index contributed by atoms with van der Waals surface area (Å²) in [6, 6.07) is 14.7. The monoisotopic (exact) mass is 369 g/mol. The van der Waals surface area contributed by atoms with Crippen molar-refractivity contribution in [2.45, 2.75) is 6.92 Å². The fourth-order valence-electron chi connectivity index (χ4n) is 2.25. The van der Waals surface area contributed by atoms with Crippen molar-refractivity contribution >= 4 is 40.3 Å². The molecule has 0 saturated heterocycles. The van der Waals surface area contributed by atoms with Gasteiger partial charge in [-0.15, -0.1) is 0 Å². The quantitative estimate of drug-likeness (QED) is 0.577. The summed E-state index contributed by atoms with van der Waals surface area (Å²) in [5.74, 6) is -0.421. The lowest BCUT2D eigenvalue weighted by atomic mass is 10.2. The molecule has 0 aliphatic rings. The summed E-state index contributed by atoms with van der Waals surface area (Å²) in [6.45, 7) is 1.86. The second-order valence-electron chi connectivity index (χ2n) is 5.55. The normalized spacial score (nSPS) is 10.2. The Labute approximate surface area is 155 Å². The van der Waals surface area contributed by atoms with Crippen LogP contribution < -0.4 is 16.0 Å². The number of carbonyl (C=O) groups is 1. The highest BCUT2D eigenvalue weighted by Gasteiger charge is 2.08. The van der Waals surface area contributed by atoms with Crippen LogP contribution in [-0.2, 0) is 0 Å². The number of amides is 1. The molecular formula is C19H16FN3O2S. The molecule has 0 radical (unpaired) electrons. The lowest BCUT2D eigenvalue weighted by Crippen LogP contribution is -2.19. The molecule has 1 aromatic heterocycles. The average Bonchev–Trinajstić information content (AvgIpc) is 3.14. The Morgan fingerprint density at radius 2 is 1.69 bits per heavy atom. The smallest absolute Gasteiger partial charge is 0.291 e. The molecule has 0 aliphatic heterocycles. The number of rotatable bonds is 4. The fraction of sp³-hybridized carbons (Fsp3) is 0.0526. The van der Waals surface area contributed by atoms with Gasteiger partial charge in [-0.25, -0.2) is 4.39 Å². The average molecular weight is 369 g/mol. The van der Waals surface area contributed by atoms with Gasteiger partial charge in [-0.1, -0.05) is 6.07 Å². The van der Waals surface area contributed by atoms with Crippen LogP contribution in [0.2, 0.25) is 0 Å². The number of aryl methyl sites for hydroxylation is 1. The maximum atomic E-state index is 13.3. The largest absolute Gasteiger partial charge is 0.459 e. The van der Waals surface area contributed by atoms with Crippen molar-refractivity contribution in [1.82, 2.24) is 0 Å². The minimum Gasteiger partial charge on any atom is -0.459 e. The van der Waals surface area contributed by atoms with Crippen LogP contribution in [0, 0.1) is 12.7 Å². The zero-order valence-electron chi connectivity index (χ0n) is 13.9. The number of thiocarbonyl (C=S) groups is 1. The summed E-state index contributed by atoms with van der Waals surface area (Å²) >= 11 is 5.25. The van der Waals surface area contributed by atoms with Crippen molar-refractivity contribution < 1.29 is 13.6 Å². The number of hydrogen-bond donors (Lipinski definition) is 3. The van der Waals surface area contributed by atoms with E-state index in [4.69, 9.17) is 16.6 Å². The molecule has 0 bridgehead atoms. The first-order valence-electron chi connectivity index (χ1n) is 7.80. The van der Waals surface area contributed by atoms with E-state index in [1.54, 1.807) is 42.5 Å². The van der Waals surface area contributed by atoms with E-state index >= 15 is 0 Å². The van der Waals surface area contributed by atoms with Crippen molar-refractivity contribution in [3.05, 3.63) is 78.0 Å². The Balaban J connectivity index is 1.59. The highest BCUT2D eigenvalue weighted by Crippen LogP contribution is 2.18. The van der Waals surface area contributed by atoms with Gasteiger partial charge in [0.2, 0.25) is 0 Å². The molecule has 3 rings (SSSR count). The van der Waals surface area contributed by atoms with Gasteiger partial charge < -0.3 is 20.4 Å². The molecule has 132 valence electrons. The summed E-state index contributed by atoms with van der Waals surface area (Å²) in [6.07, 6.45) is 1.44. The molecule has 2 aromatic carbocycles. The summed E-state index contributed by atoms with van der Waals surface area (Å²) in [5.41, 5.74) is 2.83. The molecule has 0 atom stereocenters. The Hall–Kier alpha value is -3.19. The molecule has 1 heterocycles. The van der Waals surface area contributed by atoms with Gasteiger partial charge in [0.1, 0.15) is 5.82 Å². The summed E-state index contributed by atoms with van der Waals surface area (Å²) in [4.78, 5) is 11.9. The summed E-state index contributed by atoms with van der Waals surface area (Å²) < 4.78 is 18.4. The van der Waals surface area contributed by atoms with Gasteiger partial charge in [0, 0.05) is 17.1 Å². The molecule has 0 saturated carbocycles. The highest BCUT2D eigenvalue weighted by atomic mass is 32.1. The first-order chi connectivity index (χ1) is 12.5. The van der Waals surface area contributed by atoms with E-state index < -0.39 is 0 Å². The van der Waals surface area contributed by atoms with Crippen LogP contribution in [0.4, 0.5) is 21.5 Å². The first kappa shape index (κ1) is 17.6. The third-order valence-electron chi connectivity index (χ3n) is 3.59. The zero-order chi connectivity index (χ0) is 18.5. The maximum Gasteiger partial charge on any atom is 0.291 e. The van der Waals surface area contributed by atoms with Crippen molar-refractivity contribution in [2.75, 3.05) is 16.0 Å². The molecule has 0 fully saturated rings. The van der Waals surface area contributed by atoms with Crippen LogP contribution in [-0.4, -0.2) is 11.0 Å². The van der Waals surface area contributed by atoms with Gasteiger partial charge >= 0.3 is 0 Å². The van der Waals surface area contributed by atoms with E-state index in [0.717, 1.165) is 11.3 Å². The summed E-state index contributed by atoms with van der Waals surface area (Å²) in [5, 5.41) is 9.04. The number of furan rings is 1. The van der Waals surface area contributed by atoms with E-state index in [9.17, 15) is 9.18 Å². The standard InChI is InChI=1S/C19H16FN3O2S/c1-12-4-5-13(20)11-16(12)23-19(26)22-15-8-6-14(7-9-15)21-18(24)17-3-2-10-25-17/h2-11H,1H3,(H,21,24)(H2,22,23,26). The Morgan fingerprint density at radius 3 is 2.35 bits per heavy atom. The molecule has 3 N–H and O–H groups in total. The van der Waals surface area contributed by atoms with Crippen molar-refractivity contribution in [3.63, 3.8) is 0 Å². The van der Waals surface area contributed by atoms with Gasteiger partial charge in [0.05, 0.1) is 6.26 Å². The summed E-state index contributed by atoms with van der Waals surface area (Å²) in [7, 11) is 0. The SMILES string of the molecule is Cc1ccc(F)cc1NC(=S)Nc1ccc(NC(=O)c2ccco2)cc1. The van der Waals surface area contributed by atoms with Crippen LogP contribution in [0.1, 0.15) is 16.1 Å². The molecule has 0 aliphatic carbocycles. The van der Waals surface area contributed by atoms with Crippen molar-refractivity contribution in [2.24, 2.45) is 0 Å². The minimum atomic E-state index is -0.336. The second-order valence-corrected chi connectivity index (χ2v) is 5.96. The van der Waals surface area contributed by atoms with Crippen LogP contribution in [0.25, 0.3) is 0 Å². The third-order valence-corrected chi connectivity index (χ3v) is 3.80. The number of anilines is 3. The Bertz CT molecular complexity index is 924. The van der Waals surface area contributed by atoms with Crippen LogP contribution >= 0.6 is 12.2 Å². The van der Waals surface area contributed by atoms with Gasteiger partial charge in [0.25, 0.3) is 5.91 Å². The molecule has 0 spiro atoms. The van der Waals surface area contributed by atoms with Gasteiger partial charge in [-0.2, -0.15) is 0 Å². The van der Waals surface area contributed by atoms with E-state index in [2.05, 4.69) is 16.0 Å². The van der Waals surface area contributed by atoms with E-state index in [1.807, 2.05) is 6.92 Å². The van der Waals surface area contributed by atoms with E-state index in [1.165, 1.54) is 18.4 Å². The molecule has 7 heteroatoms. The molecule has 0 unspecified atom stereocenters. The van der Waals surface area contributed by atoms with E-state index in [0.29, 0.717) is 16.5 Å². The topological polar surface area (TPSA) is 66.3 Å². The van der Waals surface area contributed by atoms with Gasteiger partial charge in [-0.05, 0) is 73.2 Å². The lowest BCUT2D eigenvalue weighted by molar-refractivity contribution is 0.0996. The number of halogens is 1. The third kappa shape index (κ3) is 4.46. The fourth-order valence-corrected chi connectivity index (χ4v) is 2.48. The molecule has 3 aromatic rings. The molecule has 26 heavy (non-hydrogen) atoms. The maximum absolute atomic E-state index is 13.3. The van der Waals surface area contributed by atoms with Crippen molar-refractivity contribution in [1.29, 1.82) is 0 Å². The van der Waals surface area contributed by atoms with Gasteiger partial charge in [0.15, 0.2) is 10.9 Å². The molecular weight excluding hydrogens is 353 g/mol. The molecule has 1 amide bonds. The van der Waals surface area contributed by atoms with Crippen molar-refractivity contribution in [3.8, 4) is 0 Å². The lowest BCUT2D eigenvalue weighted by Gasteiger charge is -2.13. The number of benzene rings is 2. The van der Waals surface area contributed by atoms with Gasteiger partial charge in [-0.3, -0.25) is 4.79 Å². The second kappa shape index (κ2) is 7.79. The zero-order valence-corrected chi connectivity index (χ0v) is 14.7. The Kier molecular flexibility index (Phi) is 5.28. The number of hydrogen-bond acceptors (Lipinski definition) is 3. The van der Waals surface area contributed by atoms with E-state index in [-0.39, 0.29) is 17.5 Å². The minimum absolute atomic E-state index is 0.239. The number of nitrogens with one attached hydrogen (secondary N) is 3. The first-order valence-corrected chi connectivity index (χ1v) is 8.21.